The van der Waals surface area contributed by atoms with E-state index in [1.165, 1.54) is 0 Å². The molecule has 2 atom stereocenters. The quantitative estimate of drug-likeness (QED) is 0.801. The van der Waals surface area contributed by atoms with Crippen LogP contribution in [-0.2, 0) is 10.0 Å². The number of rotatable bonds is 5. The Labute approximate surface area is 97.0 Å². The van der Waals surface area contributed by atoms with Crippen LogP contribution in [0.1, 0.15) is 24.2 Å². The van der Waals surface area contributed by atoms with Crippen molar-refractivity contribution in [3.8, 4) is 0 Å². The molecule has 2 N–H and O–H groups in total. The van der Waals surface area contributed by atoms with Gasteiger partial charge >= 0.3 is 0 Å². The SMILES string of the molecule is C=CCC(C)C(c1ccccc1)S(N)(=O)=O. The number of sulfonamides is 1. The van der Waals surface area contributed by atoms with Crippen LogP contribution in [0.3, 0.4) is 0 Å². The average molecular weight is 239 g/mol. The maximum absolute atomic E-state index is 11.6. The first-order chi connectivity index (χ1) is 7.46. The van der Waals surface area contributed by atoms with Crippen LogP contribution in [0.5, 0.6) is 0 Å². The summed E-state index contributed by atoms with van der Waals surface area (Å²) in [7, 11) is -3.59. The number of nitrogens with two attached hydrogens (primary N) is 1. The fraction of sp³-hybridized carbons (Fsp3) is 0.333. The van der Waals surface area contributed by atoms with Gasteiger partial charge in [-0.1, -0.05) is 43.3 Å². The molecule has 0 bridgehead atoms. The second kappa shape index (κ2) is 5.27. The van der Waals surface area contributed by atoms with E-state index in [9.17, 15) is 8.42 Å². The summed E-state index contributed by atoms with van der Waals surface area (Å²) in [6.07, 6.45) is 2.34. The molecule has 1 rings (SSSR count). The summed E-state index contributed by atoms with van der Waals surface area (Å²) in [5, 5.41) is 4.62. The van der Waals surface area contributed by atoms with Crippen molar-refractivity contribution in [1.29, 1.82) is 0 Å². The number of hydrogen-bond donors (Lipinski definition) is 1. The first-order valence-electron chi connectivity index (χ1n) is 5.14. The van der Waals surface area contributed by atoms with E-state index in [-0.39, 0.29) is 5.92 Å². The zero-order valence-electron chi connectivity index (χ0n) is 9.34. The normalized spacial score (nSPS) is 15.4. The number of primary sulfonamides is 1. The van der Waals surface area contributed by atoms with E-state index < -0.39 is 15.3 Å². The van der Waals surface area contributed by atoms with Crippen LogP contribution < -0.4 is 5.14 Å². The van der Waals surface area contributed by atoms with E-state index in [2.05, 4.69) is 6.58 Å². The predicted molar refractivity (Wildman–Crippen MR) is 66.3 cm³/mol. The van der Waals surface area contributed by atoms with Crippen molar-refractivity contribution >= 4 is 10.0 Å². The summed E-state index contributed by atoms with van der Waals surface area (Å²) in [4.78, 5) is 0. The third-order valence-electron chi connectivity index (χ3n) is 2.54. The van der Waals surface area contributed by atoms with Gasteiger partial charge in [-0.05, 0) is 17.9 Å². The lowest BCUT2D eigenvalue weighted by Crippen LogP contribution is -2.26. The number of hydrogen-bond acceptors (Lipinski definition) is 2. The molecule has 0 fully saturated rings. The molecule has 88 valence electrons. The van der Waals surface area contributed by atoms with E-state index in [0.29, 0.717) is 6.42 Å². The van der Waals surface area contributed by atoms with Crippen molar-refractivity contribution in [2.75, 3.05) is 0 Å². The van der Waals surface area contributed by atoms with Gasteiger partial charge in [0.2, 0.25) is 10.0 Å². The van der Waals surface area contributed by atoms with Gasteiger partial charge in [0.05, 0.1) is 0 Å². The van der Waals surface area contributed by atoms with Gasteiger partial charge in [-0.25, -0.2) is 13.6 Å². The first kappa shape index (κ1) is 12.9. The molecule has 0 amide bonds. The molecule has 1 aromatic rings. The Hall–Kier alpha value is -1.13. The Balaban J connectivity index is 3.12. The highest BCUT2D eigenvalue weighted by atomic mass is 32.2. The summed E-state index contributed by atoms with van der Waals surface area (Å²) in [6.45, 7) is 5.49. The molecule has 16 heavy (non-hydrogen) atoms. The fourth-order valence-corrected chi connectivity index (χ4v) is 3.17. The minimum absolute atomic E-state index is 0.0742. The topological polar surface area (TPSA) is 60.2 Å². The van der Waals surface area contributed by atoms with Gasteiger partial charge in [0.25, 0.3) is 0 Å². The summed E-state index contributed by atoms with van der Waals surface area (Å²) in [5.41, 5.74) is 0.736. The molecule has 0 aliphatic heterocycles. The van der Waals surface area contributed by atoms with Crippen LogP contribution >= 0.6 is 0 Å². The minimum atomic E-state index is -3.59. The lowest BCUT2D eigenvalue weighted by atomic mass is 9.97. The van der Waals surface area contributed by atoms with Crippen LogP contribution in [0.4, 0.5) is 0 Å². The van der Waals surface area contributed by atoms with E-state index in [1.807, 2.05) is 25.1 Å². The second-order valence-corrected chi connectivity index (χ2v) is 5.61. The zero-order valence-corrected chi connectivity index (χ0v) is 10.2. The maximum Gasteiger partial charge on any atom is 0.216 e. The first-order valence-corrected chi connectivity index (χ1v) is 6.75. The number of benzene rings is 1. The molecule has 4 heteroatoms. The molecule has 0 radical (unpaired) electrons. The van der Waals surface area contributed by atoms with Gasteiger partial charge in [0, 0.05) is 0 Å². The summed E-state index contributed by atoms with van der Waals surface area (Å²) in [5.74, 6) is -0.0742. The van der Waals surface area contributed by atoms with Gasteiger partial charge in [-0.2, -0.15) is 0 Å². The van der Waals surface area contributed by atoms with Crippen molar-refractivity contribution < 1.29 is 8.42 Å². The highest BCUT2D eigenvalue weighted by Crippen LogP contribution is 2.30. The molecule has 0 heterocycles. The summed E-state index contributed by atoms with van der Waals surface area (Å²) < 4.78 is 23.2. The molecule has 3 nitrogen and oxygen atoms in total. The molecule has 1 aromatic carbocycles. The van der Waals surface area contributed by atoms with E-state index in [1.54, 1.807) is 18.2 Å². The van der Waals surface area contributed by atoms with Crippen LogP contribution in [0.15, 0.2) is 43.0 Å². The Morgan fingerprint density at radius 2 is 1.94 bits per heavy atom. The Kier molecular flexibility index (Phi) is 4.26. The highest BCUT2D eigenvalue weighted by Gasteiger charge is 2.28. The van der Waals surface area contributed by atoms with Crippen LogP contribution in [0, 0.1) is 5.92 Å². The average Bonchev–Trinajstić information content (AvgIpc) is 2.17. The van der Waals surface area contributed by atoms with Crippen LogP contribution in [0.2, 0.25) is 0 Å². The van der Waals surface area contributed by atoms with E-state index >= 15 is 0 Å². The standard InChI is InChI=1S/C12H17NO2S/c1-3-7-10(2)12(16(13,14)15)11-8-5-4-6-9-11/h3-6,8-10,12H,1,7H2,2H3,(H2,13,14,15). The Bertz CT molecular complexity index is 439. The monoisotopic (exact) mass is 239 g/mol. The van der Waals surface area contributed by atoms with Gasteiger partial charge in [0.1, 0.15) is 5.25 Å². The molecule has 0 aliphatic rings. The molecule has 0 aromatic heterocycles. The lowest BCUT2D eigenvalue weighted by Gasteiger charge is -2.21. The third-order valence-corrected chi connectivity index (χ3v) is 3.98. The zero-order chi connectivity index (χ0) is 12.2. The van der Waals surface area contributed by atoms with Gasteiger partial charge < -0.3 is 0 Å². The van der Waals surface area contributed by atoms with Crippen LogP contribution in [-0.4, -0.2) is 8.42 Å². The predicted octanol–water partition coefficient (Wildman–Crippen LogP) is 2.23. The van der Waals surface area contributed by atoms with Crippen LogP contribution in [0.25, 0.3) is 0 Å². The molecule has 0 spiro atoms. The molecule has 0 aliphatic carbocycles. The molecule has 2 unspecified atom stereocenters. The second-order valence-electron chi connectivity index (χ2n) is 3.92. The van der Waals surface area contributed by atoms with Gasteiger partial charge in [-0.3, -0.25) is 0 Å². The van der Waals surface area contributed by atoms with Crippen molar-refractivity contribution in [3.63, 3.8) is 0 Å². The van der Waals surface area contributed by atoms with Crippen molar-refractivity contribution in [2.45, 2.75) is 18.6 Å². The highest BCUT2D eigenvalue weighted by molar-refractivity contribution is 7.89. The minimum Gasteiger partial charge on any atom is -0.228 e. The lowest BCUT2D eigenvalue weighted by molar-refractivity contribution is 0.519. The molecule has 0 saturated carbocycles. The summed E-state index contributed by atoms with van der Waals surface area (Å²) in [6, 6.07) is 9.05. The molecular weight excluding hydrogens is 222 g/mol. The van der Waals surface area contributed by atoms with Crippen molar-refractivity contribution in [2.24, 2.45) is 11.1 Å². The Morgan fingerprint density at radius 1 is 1.38 bits per heavy atom. The maximum atomic E-state index is 11.6. The largest absolute Gasteiger partial charge is 0.228 e. The Morgan fingerprint density at radius 3 is 2.38 bits per heavy atom. The van der Waals surface area contributed by atoms with Crippen molar-refractivity contribution in [3.05, 3.63) is 48.6 Å². The van der Waals surface area contributed by atoms with Gasteiger partial charge in [-0.15, -0.1) is 6.58 Å². The third kappa shape index (κ3) is 3.18. The van der Waals surface area contributed by atoms with E-state index in [4.69, 9.17) is 5.14 Å². The van der Waals surface area contributed by atoms with Crippen molar-refractivity contribution in [1.82, 2.24) is 0 Å². The van der Waals surface area contributed by atoms with E-state index in [0.717, 1.165) is 5.56 Å². The number of allylic oxidation sites excluding steroid dienone is 1. The smallest absolute Gasteiger partial charge is 0.216 e. The fourth-order valence-electron chi connectivity index (χ4n) is 1.87. The molecular formula is C12H17NO2S. The summed E-state index contributed by atoms with van der Waals surface area (Å²) >= 11 is 0. The van der Waals surface area contributed by atoms with Gasteiger partial charge in [0.15, 0.2) is 0 Å². The molecule has 0 saturated heterocycles.